The Balaban J connectivity index is 2.07. The second kappa shape index (κ2) is 9.33. The van der Waals surface area contributed by atoms with Gasteiger partial charge >= 0.3 is 11.8 Å². The number of carbonyl (C=O) groups is 2. The maximum absolute atomic E-state index is 11.8. The van der Waals surface area contributed by atoms with E-state index in [-0.39, 0.29) is 6.04 Å². The summed E-state index contributed by atoms with van der Waals surface area (Å²) >= 11 is 0. The van der Waals surface area contributed by atoms with Crippen molar-refractivity contribution in [1.29, 1.82) is 0 Å². The van der Waals surface area contributed by atoms with E-state index in [0.29, 0.717) is 5.71 Å². The summed E-state index contributed by atoms with van der Waals surface area (Å²) in [5, 5.41) is 6.70. The van der Waals surface area contributed by atoms with Crippen molar-refractivity contribution < 1.29 is 19.2 Å². The normalized spacial score (nSPS) is 14.3. The van der Waals surface area contributed by atoms with E-state index in [1.165, 1.54) is 4.90 Å². The van der Waals surface area contributed by atoms with Gasteiger partial charge in [0.1, 0.15) is 12.3 Å². The van der Waals surface area contributed by atoms with Crippen LogP contribution in [0, 0.1) is 0 Å². The number of rotatable bonds is 8. The molecule has 1 aliphatic rings. The Morgan fingerprint density at radius 1 is 1.23 bits per heavy atom. The summed E-state index contributed by atoms with van der Waals surface area (Å²) in [6.07, 6.45) is 1.87. The number of methoxy groups -OCH3 is 1. The monoisotopic (exact) mass is 361 g/mol. The van der Waals surface area contributed by atoms with Crippen molar-refractivity contribution in [2.75, 3.05) is 20.2 Å². The van der Waals surface area contributed by atoms with Crippen LogP contribution in [0.2, 0.25) is 0 Å². The Kier molecular flexibility index (Phi) is 7.15. The van der Waals surface area contributed by atoms with Gasteiger partial charge in [0.2, 0.25) is 0 Å². The van der Waals surface area contributed by atoms with E-state index in [1.54, 1.807) is 14.0 Å². The van der Waals surface area contributed by atoms with Crippen LogP contribution in [-0.4, -0.2) is 43.8 Å². The van der Waals surface area contributed by atoms with Crippen LogP contribution in [0.5, 0.6) is 5.75 Å². The second-order valence-corrected chi connectivity index (χ2v) is 6.55. The smallest absolute Gasteiger partial charge is 0.329 e. The van der Waals surface area contributed by atoms with Crippen molar-refractivity contribution in [1.82, 2.24) is 10.7 Å². The van der Waals surface area contributed by atoms with Crippen LogP contribution in [0.15, 0.2) is 23.3 Å². The van der Waals surface area contributed by atoms with Crippen molar-refractivity contribution in [3.63, 3.8) is 0 Å². The molecule has 0 aromatic heterocycles. The Labute approximate surface area is 154 Å². The predicted octanol–water partition coefficient (Wildman–Crippen LogP) is 0.239. The molecule has 1 aliphatic carbocycles. The number of ether oxygens (including phenoxy) is 1. The van der Waals surface area contributed by atoms with Gasteiger partial charge in [-0.2, -0.15) is 5.10 Å². The summed E-state index contributed by atoms with van der Waals surface area (Å²) in [4.78, 5) is 24.9. The number of carbonyl (C=O) groups excluding carboxylic acids is 2. The van der Waals surface area contributed by atoms with Crippen LogP contribution in [0.3, 0.4) is 0 Å². The van der Waals surface area contributed by atoms with E-state index >= 15 is 0 Å². The lowest BCUT2D eigenvalue weighted by molar-refractivity contribution is -0.910. The number of benzene rings is 1. The quantitative estimate of drug-likeness (QED) is 0.352. The third-order valence-electron chi connectivity index (χ3n) is 4.58. The summed E-state index contributed by atoms with van der Waals surface area (Å²) in [5.74, 6) is -0.532. The van der Waals surface area contributed by atoms with E-state index in [2.05, 4.69) is 29.7 Å². The Bertz CT molecular complexity index is 679. The van der Waals surface area contributed by atoms with Gasteiger partial charge < -0.3 is 15.0 Å². The molecule has 1 aromatic rings. The first-order chi connectivity index (χ1) is 12.5. The summed E-state index contributed by atoms with van der Waals surface area (Å²) < 4.78 is 5.47. The van der Waals surface area contributed by atoms with Gasteiger partial charge in [0, 0.05) is 11.6 Å². The lowest BCUT2D eigenvalue weighted by atomic mass is 10.1. The fourth-order valence-electron chi connectivity index (χ4n) is 2.64. The molecule has 0 spiro atoms. The first-order valence-electron chi connectivity index (χ1n) is 9.14. The number of hydrogen-bond donors (Lipinski definition) is 3. The Hall–Kier alpha value is -2.41. The van der Waals surface area contributed by atoms with E-state index < -0.39 is 11.8 Å². The standard InChI is InChI=1S/C19H28N4O3/c1-5-23(6-2)12-15-11-14(7-10-17(15)26-4)13(3)21-22-19(25)18(24)20-16-8-9-16/h7,10-11,16H,5-6,8-9,12H2,1-4H3,(H,20,24)(H,22,25)/p+1/b21-13-. The number of hydrazone groups is 1. The molecule has 2 rings (SSSR count). The lowest BCUT2D eigenvalue weighted by Gasteiger charge is -2.18. The third-order valence-corrected chi connectivity index (χ3v) is 4.58. The zero-order valence-corrected chi connectivity index (χ0v) is 16.0. The highest BCUT2D eigenvalue weighted by Gasteiger charge is 2.26. The van der Waals surface area contributed by atoms with Gasteiger partial charge in [-0.1, -0.05) is 0 Å². The highest BCUT2D eigenvalue weighted by molar-refractivity contribution is 6.35. The number of amides is 2. The molecule has 1 aromatic carbocycles. The van der Waals surface area contributed by atoms with Crippen molar-refractivity contribution in [3.8, 4) is 5.75 Å². The molecule has 7 heteroatoms. The molecule has 0 saturated heterocycles. The van der Waals surface area contributed by atoms with Crippen LogP contribution in [0.1, 0.15) is 44.7 Å². The fraction of sp³-hybridized carbons (Fsp3) is 0.526. The third kappa shape index (κ3) is 5.56. The lowest BCUT2D eigenvalue weighted by Crippen LogP contribution is -3.10. The van der Waals surface area contributed by atoms with Crippen molar-refractivity contribution in [3.05, 3.63) is 29.3 Å². The molecule has 7 nitrogen and oxygen atoms in total. The van der Waals surface area contributed by atoms with Gasteiger partial charge in [0.25, 0.3) is 0 Å². The maximum Gasteiger partial charge on any atom is 0.329 e. The van der Waals surface area contributed by atoms with Crippen LogP contribution < -0.4 is 20.4 Å². The van der Waals surface area contributed by atoms with Gasteiger partial charge in [0.05, 0.1) is 25.9 Å². The molecule has 0 atom stereocenters. The summed E-state index contributed by atoms with van der Waals surface area (Å²) in [6.45, 7) is 9.03. The molecule has 2 amide bonds. The molecule has 0 unspecified atom stereocenters. The average Bonchev–Trinajstić information content (AvgIpc) is 3.47. The SMILES string of the molecule is CC[NH+](CC)Cc1cc(/C(C)=N\NC(=O)C(=O)NC2CC2)ccc1OC. The molecule has 3 N–H and O–H groups in total. The topological polar surface area (TPSA) is 84.2 Å². The Morgan fingerprint density at radius 2 is 1.92 bits per heavy atom. The average molecular weight is 361 g/mol. The van der Waals surface area contributed by atoms with Crippen molar-refractivity contribution in [2.24, 2.45) is 5.10 Å². The Morgan fingerprint density at radius 3 is 2.50 bits per heavy atom. The van der Waals surface area contributed by atoms with Gasteiger partial charge in [0.15, 0.2) is 0 Å². The molecule has 1 saturated carbocycles. The second-order valence-electron chi connectivity index (χ2n) is 6.55. The number of hydrogen-bond acceptors (Lipinski definition) is 4. The molecular weight excluding hydrogens is 332 g/mol. The zero-order chi connectivity index (χ0) is 19.1. The molecular formula is C19H29N4O3+. The largest absolute Gasteiger partial charge is 0.496 e. The molecule has 1 fully saturated rings. The number of nitrogens with zero attached hydrogens (tertiary/aromatic N) is 1. The van der Waals surface area contributed by atoms with Crippen LogP contribution in [-0.2, 0) is 16.1 Å². The van der Waals surface area contributed by atoms with E-state index in [1.807, 2.05) is 18.2 Å². The first kappa shape index (κ1) is 19.9. The summed E-state index contributed by atoms with van der Waals surface area (Å²) in [6, 6.07) is 5.98. The molecule has 0 aliphatic heterocycles. The highest BCUT2D eigenvalue weighted by Crippen LogP contribution is 2.20. The predicted molar refractivity (Wildman–Crippen MR) is 100 cm³/mol. The minimum Gasteiger partial charge on any atom is -0.496 e. The minimum absolute atomic E-state index is 0.144. The van der Waals surface area contributed by atoms with Gasteiger partial charge in [-0.15, -0.1) is 0 Å². The number of nitrogens with one attached hydrogen (secondary N) is 3. The molecule has 0 heterocycles. The summed E-state index contributed by atoms with van der Waals surface area (Å²) in [7, 11) is 1.66. The van der Waals surface area contributed by atoms with Crippen molar-refractivity contribution in [2.45, 2.75) is 46.2 Å². The van der Waals surface area contributed by atoms with E-state index in [4.69, 9.17) is 4.74 Å². The maximum atomic E-state index is 11.8. The summed E-state index contributed by atoms with van der Waals surface area (Å²) in [5.41, 5.74) is 4.94. The van der Waals surface area contributed by atoms with E-state index in [0.717, 1.165) is 49.4 Å². The fourth-order valence-corrected chi connectivity index (χ4v) is 2.64. The molecule has 142 valence electrons. The van der Waals surface area contributed by atoms with Gasteiger partial charge in [-0.05, 0) is 57.4 Å². The minimum atomic E-state index is -0.738. The van der Waals surface area contributed by atoms with Crippen LogP contribution in [0.25, 0.3) is 0 Å². The highest BCUT2D eigenvalue weighted by atomic mass is 16.5. The molecule has 26 heavy (non-hydrogen) atoms. The van der Waals surface area contributed by atoms with Gasteiger partial charge in [-0.3, -0.25) is 9.59 Å². The van der Waals surface area contributed by atoms with E-state index in [9.17, 15) is 9.59 Å². The van der Waals surface area contributed by atoms with Crippen molar-refractivity contribution >= 4 is 17.5 Å². The zero-order valence-electron chi connectivity index (χ0n) is 16.0. The molecule has 0 radical (unpaired) electrons. The van der Waals surface area contributed by atoms with Gasteiger partial charge in [-0.25, -0.2) is 5.43 Å². The van der Waals surface area contributed by atoms with Crippen LogP contribution >= 0.6 is 0 Å². The number of quaternary nitrogens is 1. The first-order valence-corrected chi connectivity index (χ1v) is 9.14. The van der Waals surface area contributed by atoms with Crippen LogP contribution in [0.4, 0.5) is 0 Å². The molecule has 0 bridgehead atoms.